The van der Waals surface area contributed by atoms with Gasteiger partial charge in [0, 0.05) is 24.8 Å². The highest BCUT2D eigenvalue weighted by Crippen LogP contribution is 2.25. The third-order valence-electron chi connectivity index (χ3n) is 4.24. The van der Waals surface area contributed by atoms with Crippen molar-refractivity contribution in [1.29, 1.82) is 0 Å². The van der Waals surface area contributed by atoms with E-state index >= 15 is 0 Å². The number of nitrogens with zero attached hydrogens (tertiary/aromatic N) is 3. The lowest BCUT2D eigenvalue weighted by molar-refractivity contribution is 0.340. The topological polar surface area (TPSA) is 50.3 Å². The number of ether oxygens (including phenoxy) is 1. The lowest BCUT2D eigenvalue weighted by Crippen LogP contribution is -2.35. The van der Waals surface area contributed by atoms with Gasteiger partial charge in [0.05, 0.1) is 6.61 Å². The Morgan fingerprint density at radius 1 is 1.25 bits per heavy atom. The van der Waals surface area contributed by atoms with Crippen molar-refractivity contribution in [3.8, 4) is 5.75 Å². The molecule has 1 saturated heterocycles. The molecule has 1 aromatic heterocycles. The third-order valence-corrected chi connectivity index (χ3v) is 4.24. The lowest BCUT2D eigenvalue weighted by Gasteiger charge is -2.32. The quantitative estimate of drug-likeness (QED) is 0.894. The Hall–Kier alpha value is -2.30. The maximum atomic E-state index is 5.48. The van der Waals surface area contributed by atoms with Crippen LogP contribution in [0.3, 0.4) is 0 Å². The summed E-state index contributed by atoms with van der Waals surface area (Å²) in [6.07, 6.45) is 2.53. The summed E-state index contributed by atoms with van der Waals surface area (Å²) in [4.78, 5) is 11.5. The Bertz CT molecular complexity index is 672. The number of benzene rings is 1. The molecular formula is C19H26N4O. The maximum Gasteiger partial charge on any atom is 0.136 e. The van der Waals surface area contributed by atoms with Crippen LogP contribution >= 0.6 is 0 Å². The minimum Gasteiger partial charge on any atom is -0.494 e. The normalized spacial score (nSPS) is 17.6. The Morgan fingerprint density at radius 3 is 2.75 bits per heavy atom. The number of nitrogens with one attached hydrogen (secondary N) is 1. The highest BCUT2D eigenvalue weighted by atomic mass is 16.5. The summed E-state index contributed by atoms with van der Waals surface area (Å²) in [6, 6.07) is 9.98. The van der Waals surface area contributed by atoms with Crippen LogP contribution in [0.5, 0.6) is 5.75 Å². The Kier molecular flexibility index (Phi) is 5.18. The number of aromatic nitrogens is 2. The van der Waals surface area contributed by atoms with Gasteiger partial charge in [-0.15, -0.1) is 0 Å². The SMILES string of the molecule is CCOc1ccc(Nc2cc(N3CCCC(C)C3)nc(C)n2)cc1. The third kappa shape index (κ3) is 4.16. The van der Waals surface area contributed by atoms with Gasteiger partial charge in [-0.25, -0.2) is 9.97 Å². The van der Waals surface area contributed by atoms with Crippen molar-refractivity contribution in [2.75, 3.05) is 29.9 Å². The van der Waals surface area contributed by atoms with Gasteiger partial charge in [0.15, 0.2) is 0 Å². The lowest BCUT2D eigenvalue weighted by atomic mass is 10.0. The minimum absolute atomic E-state index is 0.676. The summed E-state index contributed by atoms with van der Waals surface area (Å²) in [6.45, 7) is 9.05. The second-order valence-corrected chi connectivity index (χ2v) is 6.43. The summed E-state index contributed by atoms with van der Waals surface area (Å²) in [5, 5.41) is 3.37. The Labute approximate surface area is 144 Å². The van der Waals surface area contributed by atoms with Crippen molar-refractivity contribution in [1.82, 2.24) is 9.97 Å². The van der Waals surface area contributed by atoms with Crippen LogP contribution in [0.25, 0.3) is 0 Å². The molecule has 24 heavy (non-hydrogen) atoms. The molecular weight excluding hydrogens is 300 g/mol. The number of rotatable bonds is 5. The molecule has 0 saturated carbocycles. The molecule has 1 aliphatic rings. The highest BCUT2D eigenvalue weighted by molar-refractivity contribution is 5.60. The van der Waals surface area contributed by atoms with E-state index in [9.17, 15) is 0 Å². The first-order chi connectivity index (χ1) is 11.6. The molecule has 0 radical (unpaired) electrons. The van der Waals surface area contributed by atoms with Gasteiger partial charge in [-0.1, -0.05) is 6.92 Å². The van der Waals surface area contributed by atoms with Gasteiger partial charge in [-0.2, -0.15) is 0 Å². The largest absolute Gasteiger partial charge is 0.494 e. The molecule has 0 amide bonds. The van der Waals surface area contributed by atoms with Crippen molar-refractivity contribution >= 4 is 17.3 Å². The number of hydrogen-bond acceptors (Lipinski definition) is 5. The molecule has 5 nitrogen and oxygen atoms in total. The standard InChI is InChI=1S/C19H26N4O/c1-4-24-17-9-7-16(8-10-17)22-18-12-19(21-15(3)20-18)23-11-5-6-14(2)13-23/h7-10,12,14H,4-6,11,13H2,1-3H3,(H,20,21,22). The average Bonchev–Trinajstić information content (AvgIpc) is 2.56. The van der Waals surface area contributed by atoms with Crippen molar-refractivity contribution < 1.29 is 4.74 Å². The van der Waals surface area contributed by atoms with E-state index in [4.69, 9.17) is 4.74 Å². The van der Waals surface area contributed by atoms with E-state index in [2.05, 4.69) is 27.1 Å². The maximum absolute atomic E-state index is 5.48. The molecule has 1 N–H and O–H groups in total. The molecule has 1 fully saturated rings. The highest BCUT2D eigenvalue weighted by Gasteiger charge is 2.18. The number of piperidine rings is 1. The number of anilines is 3. The van der Waals surface area contributed by atoms with Gasteiger partial charge in [-0.05, 0) is 56.9 Å². The molecule has 1 aromatic carbocycles. The second-order valence-electron chi connectivity index (χ2n) is 6.43. The van der Waals surface area contributed by atoms with Gasteiger partial charge >= 0.3 is 0 Å². The fourth-order valence-electron chi connectivity index (χ4n) is 3.12. The molecule has 2 aromatic rings. The van der Waals surface area contributed by atoms with Crippen LogP contribution in [-0.4, -0.2) is 29.7 Å². The van der Waals surface area contributed by atoms with E-state index in [-0.39, 0.29) is 0 Å². The molecule has 3 rings (SSSR count). The Balaban J connectivity index is 1.75. The van der Waals surface area contributed by atoms with Crippen LogP contribution in [-0.2, 0) is 0 Å². The Morgan fingerprint density at radius 2 is 2.04 bits per heavy atom. The number of hydrogen-bond donors (Lipinski definition) is 1. The van der Waals surface area contributed by atoms with Gasteiger partial charge in [0.1, 0.15) is 23.2 Å². The van der Waals surface area contributed by atoms with Gasteiger partial charge in [0.25, 0.3) is 0 Å². The average molecular weight is 326 g/mol. The van der Waals surface area contributed by atoms with Crippen LogP contribution in [0, 0.1) is 12.8 Å². The van der Waals surface area contributed by atoms with E-state index in [1.807, 2.05) is 44.2 Å². The van der Waals surface area contributed by atoms with Crippen LogP contribution < -0.4 is 15.0 Å². The van der Waals surface area contributed by atoms with E-state index in [1.54, 1.807) is 0 Å². The van der Waals surface area contributed by atoms with Gasteiger partial charge in [0.2, 0.25) is 0 Å². The molecule has 0 spiro atoms. The fraction of sp³-hybridized carbons (Fsp3) is 0.474. The zero-order valence-corrected chi connectivity index (χ0v) is 14.7. The first-order valence-electron chi connectivity index (χ1n) is 8.74. The predicted octanol–water partition coefficient (Wildman–Crippen LogP) is 4.16. The molecule has 1 unspecified atom stereocenters. The van der Waals surface area contributed by atoms with E-state index in [1.165, 1.54) is 12.8 Å². The molecule has 128 valence electrons. The van der Waals surface area contributed by atoms with Crippen LogP contribution in [0.4, 0.5) is 17.3 Å². The monoisotopic (exact) mass is 326 g/mol. The summed E-state index contributed by atoms with van der Waals surface area (Å²) < 4.78 is 5.48. The summed E-state index contributed by atoms with van der Waals surface area (Å²) >= 11 is 0. The van der Waals surface area contributed by atoms with E-state index in [0.717, 1.165) is 47.9 Å². The van der Waals surface area contributed by atoms with Crippen molar-refractivity contribution in [2.24, 2.45) is 5.92 Å². The zero-order valence-electron chi connectivity index (χ0n) is 14.7. The van der Waals surface area contributed by atoms with Gasteiger partial charge in [-0.3, -0.25) is 0 Å². The molecule has 1 atom stereocenters. The molecule has 1 aliphatic heterocycles. The second kappa shape index (κ2) is 7.51. The van der Waals surface area contributed by atoms with Crippen molar-refractivity contribution in [2.45, 2.75) is 33.6 Å². The van der Waals surface area contributed by atoms with Gasteiger partial charge < -0.3 is 15.0 Å². The summed E-state index contributed by atoms with van der Waals surface area (Å²) in [5.74, 6) is 4.24. The smallest absolute Gasteiger partial charge is 0.136 e. The molecule has 5 heteroatoms. The molecule has 0 bridgehead atoms. The first-order valence-corrected chi connectivity index (χ1v) is 8.74. The molecule has 2 heterocycles. The summed E-state index contributed by atoms with van der Waals surface area (Å²) in [7, 11) is 0. The van der Waals surface area contributed by atoms with Crippen LogP contribution in [0.2, 0.25) is 0 Å². The fourth-order valence-corrected chi connectivity index (χ4v) is 3.12. The van der Waals surface area contributed by atoms with E-state index < -0.39 is 0 Å². The van der Waals surface area contributed by atoms with Crippen molar-refractivity contribution in [3.05, 3.63) is 36.2 Å². The molecule has 0 aliphatic carbocycles. The number of aryl methyl sites for hydroxylation is 1. The minimum atomic E-state index is 0.676. The van der Waals surface area contributed by atoms with Crippen LogP contribution in [0.1, 0.15) is 32.5 Å². The van der Waals surface area contributed by atoms with Crippen LogP contribution in [0.15, 0.2) is 30.3 Å². The van der Waals surface area contributed by atoms with Crippen molar-refractivity contribution in [3.63, 3.8) is 0 Å². The summed E-state index contributed by atoms with van der Waals surface area (Å²) in [5.41, 5.74) is 0.995. The predicted molar refractivity (Wildman–Crippen MR) is 98.3 cm³/mol. The zero-order chi connectivity index (χ0) is 16.9. The van der Waals surface area contributed by atoms with E-state index in [0.29, 0.717) is 6.61 Å². The first kappa shape index (κ1) is 16.6.